The number of nitrogens with one attached hydrogen (secondary N) is 1. The van der Waals surface area contributed by atoms with Crippen LogP contribution in [0.15, 0.2) is 33.5 Å². The van der Waals surface area contributed by atoms with Gasteiger partial charge in [0.1, 0.15) is 0 Å². The zero-order valence-electron chi connectivity index (χ0n) is 12.3. The second kappa shape index (κ2) is 6.88. The highest BCUT2D eigenvalue weighted by Gasteiger charge is 2.18. The van der Waals surface area contributed by atoms with Crippen LogP contribution in [0.1, 0.15) is 26.7 Å². The van der Waals surface area contributed by atoms with Crippen LogP contribution in [0.4, 0.5) is 10.8 Å². The number of amides is 2. The average Bonchev–Trinajstić information content (AvgIpc) is 2.48. The van der Waals surface area contributed by atoms with Gasteiger partial charge >= 0.3 is 17.7 Å². The van der Waals surface area contributed by atoms with Crippen LogP contribution in [0.3, 0.4) is 0 Å². The van der Waals surface area contributed by atoms with E-state index in [9.17, 15) is 9.59 Å². The van der Waals surface area contributed by atoms with Crippen molar-refractivity contribution in [2.24, 2.45) is 0 Å². The molecule has 0 radical (unpaired) electrons. The van der Waals surface area contributed by atoms with E-state index >= 15 is 0 Å². The fourth-order valence-electron chi connectivity index (χ4n) is 1.96. The van der Waals surface area contributed by atoms with Crippen molar-refractivity contribution in [3.63, 3.8) is 0 Å². The maximum absolute atomic E-state index is 12.1. The van der Waals surface area contributed by atoms with E-state index in [4.69, 9.17) is 4.42 Å². The summed E-state index contributed by atoms with van der Waals surface area (Å²) in [6.45, 7) is 4.81. The summed E-state index contributed by atoms with van der Waals surface area (Å²) >= 11 is 0. The molecule has 0 saturated carbocycles. The number of rotatable bonds is 5. The Labute approximate surface area is 122 Å². The summed E-state index contributed by atoms with van der Waals surface area (Å²) in [5.41, 5.74) is 0.0268. The van der Waals surface area contributed by atoms with Gasteiger partial charge in [-0.2, -0.15) is 4.98 Å². The lowest BCUT2D eigenvalue weighted by Crippen LogP contribution is -2.41. The van der Waals surface area contributed by atoms with E-state index in [1.165, 1.54) is 4.90 Å². The van der Waals surface area contributed by atoms with Crippen LogP contribution in [0.25, 0.3) is 10.9 Å². The van der Waals surface area contributed by atoms with Gasteiger partial charge < -0.3 is 9.73 Å². The van der Waals surface area contributed by atoms with Gasteiger partial charge in [-0.05, 0) is 25.5 Å². The fraction of sp³-hybridized carbons (Fsp3) is 0.400. The summed E-state index contributed by atoms with van der Waals surface area (Å²) in [5.74, 6) is 0. The molecule has 2 amide bonds. The first kappa shape index (κ1) is 15.0. The topological polar surface area (TPSA) is 75.4 Å². The number of para-hydroxylation sites is 1. The van der Waals surface area contributed by atoms with Crippen molar-refractivity contribution in [1.29, 1.82) is 0 Å². The standard InChI is InChI=1S/C15H19N3O3/c1-3-5-10-16-14(20)18(4-2)15-17-12-9-7-6-8-11(12)13(19)21-15/h6-9H,3-5,10H2,1-2H3,(H,16,20). The number of hydrogen-bond acceptors (Lipinski definition) is 4. The van der Waals surface area contributed by atoms with Crippen molar-refractivity contribution < 1.29 is 9.21 Å². The maximum atomic E-state index is 12.1. The highest BCUT2D eigenvalue weighted by Crippen LogP contribution is 2.14. The van der Waals surface area contributed by atoms with Crippen molar-refractivity contribution >= 4 is 22.9 Å². The molecule has 0 fully saturated rings. The van der Waals surface area contributed by atoms with Crippen LogP contribution in [0.2, 0.25) is 0 Å². The number of fused-ring (bicyclic) bond motifs is 1. The largest absolute Gasteiger partial charge is 0.388 e. The van der Waals surface area contributed by atoms with Gasteiger partial charge in [-0.3, -0.25) is 0 Å². The maximum Gasteiger partial charge on any atom is 0.348 e. The summed E-state index contributed by atoms with van der Waals surface area (Å²) in [7, 11) is 0. The van der Waals surface area contributed by atoms with E-state index in [2.05, 4.69) is 10.3 Å². The Balaban J connectivity index is 2.30. The van der Waals surface area contributed by atoms with Crippen molar-refractivity contribution in [2.45, 2.75) is 26.7 Å². The quantitative estimate of drug-likeness (QED) is 0.858. The number of carbonyl (C=O) groups is 1. The van der Waals surface area contributed by atoms with Gasteiger partial charge in [-0.15, -0.1) is 0 Å². The minimum atomic E-state index is -0.490. The van der Waals surface area contributed by atoms with Crippen LogP contribution < -0.4 is 15.8 Å². The van der Waals surface area contributed by atoms with Crippen LogP contribution in [-0.4, -0.2) is 24.1 Å². The lowest BCUT2D eigenvalue weighted by Gasteiger charge is -2.18. The van der Waals surface area contributed by atoms with E-state index < -0.39 is 5.63 Å². The van der Waals surface area contributed by atoms with Gasteiger partial charge in [0.15, 0.2) is 0 Å². The number of aromatic nitrogens is 1. The van der Waals surface area contributed by atoms with E-state index in [1.54, 1.807) is 31.2 Å². The molecule has 1 N–H and O–H groups in total. The molecule has 2 aromatic rings. The minimum absolute atomic E-state index is 0.0233. The number of anilines is 1. The van der Waals surface area contributed by atoms with Crippen LogP contribution in [0, 0.1) is 0 Å². The molecule has 1 heterocycles. The molecular weight excluding hydrogens is 270 g/mol. The second-order valence-corrected chi connectivity index (χ2v) is 4.63. The summed E-state index contributed by atoms with van der Waals surface area (Å²) in [6.07, 6.45) is 1.90. The molecule has 0 bridgehead atoms. The minimum Gasteiger partial charge on any atom is -0.388 e. The Morgan fingerprint density at radius 1 is 1.33 bits per heavy atom. The van der Waals surface area contributed by atoms with Gasteiger partial charge in [0, 0.05) is 13.1 Å². The summed E-state index contributed by atoms with van der Waals surface area (Å²) in [5, 5.41) is 3.19. The molecule has 1 aromatic carbocycles. The Hall–Kier alpha value is -2.37. The molecule has 1 aromatic heterocycles. The van der Waals surface area contributed by atoms with E-state index in [0.29, 0.717) is 24.0 Å². The Morgan fingerprint density at radius 3 is 2.81 bits per heavy atom. The molecule has 6 heteroatoms. The molecular formula is C15H19N3O3. The van der Waals surface area contributed by atoms with Gasteiger partial charge in [0.2, 0.25) is 0 Å². The first-order valence-corrected chi connectivity index (χ1v) is 7.12. The van der Waals surface area contributed by atoms with E-state index in [1.807, 2.05) is 6.92 Å². The molecule has 21 heavy (non-hydrogen) atoms. The summed E-state index contributed by atoms with van der Waals surface area (Å²) in [4.78, 5) is 29.6. The Kier molecular flexibility index (Phi) is 4.92. The predicted octanol–water partition coefficient (Wildman–Crippen LogP) is 2.52. The second-order valence-electron chi connectivity index (χ2n) is 4.63. The van der Waals surface area contributed by atoms with E-state index in [-0.39, 0.29) is 12.0 Å². The Morgan fingerprint density at radius 2 is 2.10 bits per heavy atom. The van der Waals surface area contributed by atoms with Crippen molar-refractivity contribution in [1.82, 2.24) is 10.3 Å². The molecule has 0 aliphatic heterocycles. The zero-order valence-corrected chi connectivity index (χ0v) is 12.3. The fourth-order valence-corrected chi connectivity index (χ4v) is 1.96. The molecule has 0 atom stereocenters. The van der Waals surface area contributed by atoms with Crippen LogP contribution >= 0.6 is 0 Å². The van der Waals surface area contributed by atoms with Crippen LogP contribution in [0.5, 0.6) is 0 Å². The summed E-state index contributed by atoms with van der Waals surface area (Å²) < 4.78 is 5.17. The lowest BCUT2D eigenvalue weighted by molar-refractivity contribution is 0.244. The zero-order chi connectivity index (χ0) is 15.2. The van der Waals surface area contributed by atoms with Gasteiger partial charge in [-0.1, -0.05) is 25.5 Å². The number of unbranched alkanes of at least 4 members (excludes halogenated alkanes) is 1. The number of hydrogen-bond donors (Lipinski definition) is 1. The number of benzene rings is 1. The normalized spacial score (nSPS) is 10.6. The molecule has 0 spiro atoms. The Bertz CT molecular complexity index is 681. The summed E-state index contributed by atoms with van der Waals surface area (Å²) in [6, 6.07) is 6.62. The lowest BCUT2D eigenvalue weighted by atomic mass is 10.2. The SMILES string of the molecule is CCCCNC(=O)N(CC)c1nc2ccccc2c(=O)o1. The molecule has 0 saturated heterocycles. The molecule has 0 unspecified atom stereocenters. The van der Waals surface area contributed by atoms with Crippen molar-refractivity contribution in [3.8, 4) is 0 Å². The van der Waals surface area contributed by atoms with E-state index in [0.717, 1.165) is 12.8 Å². The van der Waals surface area contributed by atoms with Gasteiger partial charge in [-0.25, -0.2) is 14.5 Å². The third-order valence-corrected chi connectivity index (χ3v) is 3.12. The predicted molar refractivity (Wildman–Crippen MR) is 81.6 cm³/mol. The van der Waals surface area contributed by atoms with Crippen molar-refractivity contribution in [2.75, 3.05) is 18.0 Å². The third kappa shape index (κ3) is 3.39. The molecule has 0 aliphatic rings. The first-order chi connectivity index (χ1) is 10.2. The number of carbonyl (C=O) groups excluding carboxylic acids is 1. The van der Waals surface area contributed by atoms with Gasteiger partial charge in [0.25, 0.3) is 0 Å². The van der Waals surface area contributed by atoms with Gasteiger partial charge in [0.05, 0.1) is 10.9 Å². The number of urea groups is 1. The molecule has 6 nitrogen and oxygen atoms in total. The monoisotopic (exact) mass is 289 g/mol. The third-order valence-electron chi connectivity index (χ3n) is 3.12. The molecule has 0 aliphatic carbocycles. The smallest absolute Gasteiger partial charge is 0.348 e. The molecule has 112 valence electrons. The number of nitrogens with zero attached hydrogens (tertiary/aromatic N) is 2. The average molecular weight is 289 g/mol. The highest BCUT2D eigenvalue weighted by molar-refractivity contribution is 5.90. The van der Waals surface area contributed by atoms with Crippen molar-refractivity contribution in [3.05, 3.63) is 34.7 Å². The first-order valence-electron chi connectivity index (χ1n) is 7.12. The highest BCUT2D eigenvalue weighted by atomic mass is 16.4. The molecule has 2 rings (SSSR count). The van der Waals surface area contributed by atoms with Crippen LogP contribution in [-0.2, 0) is 0 Å².